The molecule has 2 aromatic carbocycles. The number of carbonyl (C=O) groups is 2. The molecule has 2 rings (SSSR count). The van der Waals surface area contributed by atoms with Gasteiger partial charge < -0.3 is 20.1 Å². The van der Waals surface area contributed by atoms with Gasteiger partial charge in [-0.05, 0) is 56.3 Å². The molecule has 2 aromatic rings. The highest BCUT2D eigenvalue weighted by atomic mass is 19.3. The lowest BCUT2D eigenvalue weighted by molar-refractivity contribution is -0.385. The minimum atomic E-state index is -3.19. The van der Waals surface area contributed by atoms with E-state index in [1.807, 2.05) is 13.8 Å². The molecule has 0 aliphatic carbocycles. The lowest BCUT2D eigenvalue weighted by Crippen LogP contribution is -2.34. The van der Waals surface area contributed by atoms with Crippen LogP contribution < -0.4 is 20.1 Å². The van der Waals surface area contributed by atoms with E-state index in [9.17, 15) is 28.5 Å². The van der Waals surface area contributed by atoms with E-state index in [2.05, 4.69) is 15.4 Å². The third kappa shape index (κ3) is 6.76. The third-order valence-corrected chi connectivity index (χ3v) is 3.99. The number of amides is 2. The van der Waals surface area contributed by atoms with Crippen LogP contribution in [-0.4, -0.2) is 36.5 Å². The van der Waals surface area contributed by atoms with Crippen LogP contribution in [0.3, 0.4) is 0 Å². The van der Waals surface area contributed by atoms with Crippen molar-refractivity contribution in [2.45, 2.75) is 26.5 Å². The van der Waals surface area contributed by atoms with E-state index in [0.29, 0.717) is 5.69 Å². The van der Waals surface area contributed by atoms with Gasteiger partial charge in [0.15, 0.2) is 17.3 Å². The number of urea groups is 1. The number of carbonyl (C=O) groups excluding carboxylic acids is 2. The Morgan fingerprint density at radius 3 is 2.31 bits per heavy atom. The predicted octanol–water partition coefficient (Wildman–Crippen LogP) is 4.63. The zero-order valence-electron chi connectivity index (χ0n) is 17.4. The maximum atomic E-state index is 12.5. The number of halogens is 2. The number of rotatable bonds is 9. The normalized spacial score (nSPS) is 11.0. The number of allylic oxidation sites excluding steroid dienone is 1. The summed E-state index contributed by atoms with van der Waals surface area (Å²) in [6, 6.07) is 7.52. The summed E-state index contributed by atoms with van der Waals surface area (Å²) < 4.78 is 34.3. The minimum absolute atomic E-state index is 0.0366. The highest BCUT2D eigenvalue weighted by Gasteiger charge is 2.20. The monoisotopic (exact) mass is 449 g/mol. The second-order valence-corrected chi connectivity index (χ2v) is 6.73. The van der Waals surface area contributed by atoms with Crippen LogP contribution in [0.4, 0.5) is 25.0 Å². The summed E-state index contributed by atoms with van der Waals surface area (Å²) in [5, 5.41) is 16.6. The zero-order chi connectivity index (χ0) is 23.8. The SMILES string of the molecule is COc1cc(/C=C/C(=O)c2ccc(NC(=O)NC(C)C)cc2)c([N+](=O)[O-])cc1OC(F)F. The van der Waals surface area contributed by atoms with Gasteiger partial charge in [-0.25, -0.2) is 4.79 Å². The number of hydrogen-bond acceptors (Lipinski definition) is 6. The summed E-state index contributed by atoms with van der Waals surface area (Å²) in [7, 11) is 1.19. The lowest BCUT2D eigenvalue weighted by Gasteiger charge is -2.11. The predicted molar refractivity (Wildman–Crippen MR) is 113 cm³/mol. The Labute approximate surface area is 182 Å². The van der Waals surface area contributed by atoms with E-state index < -0.39 is 28.8 Å². The van der Waals surface area contributed by atoms with Gasteiger partial charge in [-0.15, -0.1) is 0 Å². The number of hydrogen-bond donors (Lipinski definition) is 2. The van der Waals surface area contributed by atoms with Crippen LogP contribution in [0.2, 0.25) is 0 Å². The molecule has 0 heterocycles. The number of alkyl halides is 2. The van der Waals surface area contributed by atoms with E-state index in [4.69, 9.17) is 4.74 Å². The fourth-order valence-corrected chi connectivity index (χ4v) is 2.61. The van der Waals surface area contributed by atoms with Crippen molar-refractivity contribution in [1.29, 1.82) is 0 Å². The molecule has 0 bridgehead atoms. The Bertz CT molecular complexity index is 1020. The summed E-state index contributed by atoms with van der Waals surface area (Å²) in [5.41, 5.74) is 0.161. The molecule has 0 aliphatic heterocycles. The summed E-state index contributed by atoms with van der Waals surface area (Å²) >= 11 is 0. The lowest BCUT2D eigenvalue weighted by atomic mass is 10.1. The molecule has 0 saturated carbocycles. The Morgan fingerprint density at radius 2 is 1.78 bits per heavy atom. The van der Waals surface area contributed by atoms with Crippen LogP contribution in [0.25, 0.3) is 6.08 Å². The number of methoxy groups -OCH3 is 1. The van der Waals surface area contributed by atoms with Gasteiger partial charge in [0.2, 0.25) is 0 Å². The molecular weight excluding hydrogens is 428 g/mol. The molecule has 0 unspecified atom stereocenters. The molecule has 0 fully saturated rings. The van der Waals surface area contributed by atoms with Gasteiger partial charge in [-0.2, -0.15) is 8.78 Å². The van der Waals surface area contributed by atoms with Crippen molar-refractivity contribution >= 4 is 29.3 Å². The molecule has 9 nitrogen and oxygen atoms in total. The first-order chi connectivity index (χ1) is 15.1. The number of anilines is 1. The molecule has 0 aliphatic rings. The number of nitrogens with one attached hydrogen (secondary N) is 2. The zero-order valence-corrected chi connectivity index (χ0v) is 17.4. The highest BCUT2D eigenvalue weighted by Crippen LogP contribution is 2.36. The smallest absolute Gasteiger partial charge is 0.387 e. The largest absolute Gasteiger partial charge is 0.493 e. The van der Waals surface area contributed by atoms with E-state index in [-0.39, 0.29) is 28.9 Å². The van der Waals surface area contributed by atoms with Crippen molar-refractivity contribution in [2.75, 3.05) is 12.4 Å². The van der Waals surface area contributed by atoms with Crippen molar-refractivity contribution in [3.05, 3.63) is 63.7 Å². The first-order valence-corrected chi connectivity index (χ1v) is 9.32. The number of benzene rings is 2. The number of nitrogens with zero attached hydrogens (tertiary/aromatic N) is 1. The maximum Gasteiger partial charge on any atom is 0.387 e. The van der Waals surface area contributed by atoms with Crippen molar-refractivity contribution in [1.82, 2.24) is 5.32 Å². The molecule has 11 heteroatoms. The van der Waals surface area contributed by atoms with Gasteiger partial charge in [-0.3, -0.25) is 14.9 Å². The number of ether oxygens (including phenoxy) is 2. The Balaban J connectivity index is 2.22. The minimum Gasteiger partial charge on any atom is -0.493 e. The second-order valence-electron chi connectivity index (χ2n) is 6.73. The molecule has 0 atom stereocenters. The second kappa shape index (κ2) is 10.8. The summed E-state index contributed by atoms with van der Waals surface area (Å²) in [5.74, 6) is -1.12. The van der Waals surface area contributed by atoms with E-state index >= 15 is 0 Å². The third-order valence-electron chi connectivity index (χ3n) is 3.99. The first kappa shape index (κ1) is 24.3. The number of ketones is 1. The average molecular weight is 449 g/mol. The highest BCUT2D eigenvalue weighted by molar-refractivity contribution is 6.07. The van der Waals surface area contributed by atoms with Crippen LogP contribution in [0.1, 0.15) is 29.8 Å². The molecule has 170 valence electrons. The van der Waals surface area contributed by atoms with Gasteiger partial charge in [0.25, 0.3) is 5.69 Å². The molecule has 32 heavy (non-hydrogen) atoms. The Hall–Kier alpha value is -4.02. The van der Waals surface area contributed by atoms with Crippen molar-refractivity contribution < 1.29 is 32.8 Å². The average Bonchev–Trinajstić information content (AvgIpc) is 2.71. The summed E-state index contributed by atoms with van der Waals surface area (Å²) in [6.07, 6.45) is 2.28. The number of nitro benzene ring substituents is 1. The van der Waals surface area contributed by atoms with E-state index in [0.717, 1.165) is 18.2 Å². The van der Waals surface area contributed by atoms with Crippen LogP contribution in [0.15, 0.2) is 42.5 Å². The fourth-order valence-electron chi connectivity index (χ4n) is 2.61. The molecular formula is C21H21F2N3O6. The molecule has 0 aromatic heterocycles. The molecule has 0 spiro atoms. The summed E-state index contributed by atoms with van der Waals surface area (Å²) in [6.45, 7) is 0.431. The van der Waals surface area contributed by atoms with Crippen molar-refractivity contribution in [3.63, 3.8) is 0 Å². The number of nitro groups is 1. The molecule has 2 amide bonds. The van der Waals surface area contributed by atoms with Crippen molar-refractivity contribution in [2.24, 2.45) is 0 Å². The Morgan fingerprint density at radius 1 is 1.12 bits per heavy atom. The van der Waals surface area contributed by atoms with Gasteiger partial charge in [-0.1, -0.05) is 0 Å². The van der Waals surface area contributed by atoms with Gasteiger partial charge in [0.1, 0.15) is 0 Å². The van der Waals surface area contributed by atoms with Gasteiger partial charge in [0, 0.05) is 17.3 Å². The maximum absolute atomic E-state index is 12.5. The van der Waals surface area contributed by atoms with Crippen LogP contribution in [-0.2, 0) is 0 Å². The van der Waals surface area contributed by atoms with Crippen molar-refractivity contribution in [3.8, 4) is 11.5 Å². The molecule has 0 saturated heterocycles. The van der Waals surface area contributed by atoms with Gasteiger partial charge >= 0.3 is 12.6 Å². The Kier molecular flexibility index (Phi) is 8.22. The quantitative estimate of drug-likeness (QED) is 0.249. The summed E-state index contributed by atoms with van der Waals surface area (Å²) in [4.78, 5) is 34.7. The molecule has 0 radical (unpaired) electrons. The van der Waals surface area contributed by atoms with E-state index in [1.54, 1.807) is 0 Å². The van der Waals surface area contributed by atoms with Crippen LogP contribution >= 0.6 is 0 Å². The van der Waals surface area contributed by atoms with Gasteiger partial charge in [0.05, 0.1) is 23.7 Å². The van der Waals surface area contributed by atoms with Crippen LogP contribution in [0, 0.1) is 10.1 Å². The van der Waals surface area contributed by atoms with E-state index in [1.165, 1.54) is 37.5 Å². The topological polar surface area (TPSA) is 120 Å². The molecule has 2 N–H and O–H groups in total. The fraction of sp³-hybridized carbons (Fsp3) is 0.238. The van der Waals surface area contributed by atoms with Crippen LogP contribution in [0.5, 0.6) is 11.5 Å². The standard InChI is InChI=1S/C21H21F2N3O6/c1-12(2)24-21(28)25-15-7-4-13(5-8-15)17(27)9-6-14-10-18(31-3)19(32-20(22)23)11-16(14)26(29)30/h4-12,20H,1-3H3,(H2,24,25,28)/b9-6+. The first-order valence-electron chi connectivity index (χ1n) is 9.32.